The molecule has 1 aromatic heterocycles. The molecule has 1 fully saturated rings. The zero-order valence-corrected chi connectivity index (χ0v) is 14.1. The lowest BCUT2D eigenvalue weighted by atomic mass is 9.94. The van der Waals surface area contributed by atoms with E-state index in [-0.39, 0.29) is 0 Å². The maximum absolute atomic E-state index is 4.56. The number of hydrogen-bond donors (Lipinski definition) is 0. The Hall–Kier alpha value is -1.16. The van der Waals surface area contributed by atoms with Gasteiger partial charge in [0, 0.05) is 28.7 Å². The second kappa shape index (κ2) is 6.73. The first-order valence-electron chi connectivity index (χ1n) is 7.86. The van der Waals surface area contributed by atoms with E-state index in [1.807, 2.05) is 6.92 Å². The lowest BCUT2D eigenvalue weighted by Crippen LogP contribution is -2.39. The normalized spacial score (nSPS) is 16.3. The first kappa shape index (κ1) is 14.8. The van der Waals surface area contributed by atoms with Crippen LogP contribution >= 0.6 is 15.9 Å². The van der Waals surface area contributed by atoms with E-state index in [1.165, 1.54) is 42.9 Å². The van der Waals surface area contributed by atoms with Crippen molar-refractivity contribution in [2.45, 2.75) is 45.1 Å². The van der Waals surface area contributed by atoms with Crippen LogP contribution in [0.25, 0.3) is 10.8 Å². The van der Waals surface area contributed by atoms with Crippen molar-refractivity contribution in [3.8, 4) is 0 Å². The lowest BCUT2D eigenvalue weighted by molar-refractivity contribution is 0.417. The van der Waals surface area contributed by atoms with Crippen molar-refractivity contribution in [1.29, 1.82) is 0 Å². The number of anilines is 1. The number of rotatable bonds is 4. The molecule has 1 aromatic carbocycles. The molecular weight excluding hydrogens is 326 g/mol. The summed E-state index contributed by atoms with van der Waals surface area (Å²) in [6.07, 6.45) is 6.59. The number of hydrogen-bond acceptors (Lipinski definition) is 3. The molecule has 0 bridgehead atoms. The molecule has 0 radical (unpaired) electrons. The molecule has 0 spiro atoms. The summed E-state index contributed by atoms with van der Waals surface area (Å²) < 4.78 is 0. The minimum absolute atomic E-state index is 0.608. The number of benzene rings is 1. The van der Waals surface area contributed by atoms with Gasteiger partial charge in [0.2, 0.25) is 0 Å². The number of fused-ring (bicyclic) bond motifs is 1. The maximum Gasteiger partial charge on any atom is 0.159 e. The minimum atomic E-state index is 0.608. The topological polar surface area (TPSA) is 29.0 Å². The summed E-state index contributed by atoms with van der Waals surface area (Å²) in [4.78, 5) is 2.47. The van der Waals surface area contributed by atoms with Crippen LogP contribution in [-0.4, -0.2) is 28.1 Å². The van der Waals surface area contributed by atoms with Crippen LogP contribution in [0.3, 0.4) is 0 Å². The van der Waals surface area contributed by atoms with Crippen LogP contribution in [-0.2, 0) is 0 Å². The fourth-order valence-corrected chi connectivity index (χ4v) is 3.76. The van der Waals surface area contributed by atoms with Crippen molar-refractivity contribution < 1.29 is 0 Å². The minimum Gasteiger partial charge on any atom is -0.351 e. The molecule has 1 heterocycles. The average Bonchev–Trinajstić information content (AvgIpc) is 2.55. The second-order valence-electron chi connectivity index (χ2n) is 5.83. The third kappa shape index (κ3) is 3.05. The number of alkyl halides is 1. The number of aromatic nitrogens is 2. The SMILES string of the molecule is Cc1nnc(N(CCBr)C2CCCCC2)c2ccccc12. The van der Waals surface area contributed by atoms with Gasteiger partial charge in [0.1, 0.15) is 0 Å². The molecule has 3 rings (SSSR count). The molecular formula is C17H22BrN3. The van der Waals surface area contributed by atoms with Crippen molar-refractivity contribution in [2.75, 3.05) is 16.8 Å². The molecule has 0 saturated heterocycles. The number of nitrogens with zero attached hydrogens (tertiary/aromatic N) is 3. The van der Waals surface area contributed by atoms with E-state index in [0.29, 0.717) is 6.04 Å². The Kier molecular flexibility index (Phi) is 4.73. The van der Waals surface area contributed by atoms with E-state index in [9.17, 15) is 0 Å². The van der Waals surface area contributed by atoms with Gasteiger partial charge < -0.3 is 4.90 Å². The molecule has 4 heteroatoms. The summed E-state index contributed by atoms with van der Waals surface area (Å²) in [5.41, 5.74) is 1.01. The molecule has 0 aliphatic heterocycles. The van der Waals surface area contributed by atoms with Crippen LogP contribution in [0, 0.1) is 6.92 Å². The third-order valence-electron chi connectivity index (χ3n) is 4.47. The zero-order valence-electron chi connectivity index (χ0n) is 12.6. The van der Waals surface area contributed by atoms with Crippen molar-refractivity contribution in [3.63, 3.8) is 0 Å². The number of aryl methyl sites for hydroxylation is 1. The van der Waals surface area contributed by atoms with Crippen LogP contribution in [0.4, 0.5) is 5.82 Å². The molecule has 0 atom stereocenters. The van der Waals surface area contributed by atoms with Crippen LogP contribution in [0.5, 0.6) is 0 Å². The monoisotopic (exact) mass is 347 g/mol. The fourth-order valence-electron chi connectivity index (χ4n) is 3.38. The molecule has 112 valence electrons. The smallest absolute Gasteiger partial charge is 0.159 e. The highest BCUT2D eigenvalue weighted by molar-refractivity contribution is 9.09. The predicted molar refractivity (Wildman–Crippen MR) is 92.3 cm³/mol. The van der Waals surface area contributed by atoms with Crippen LogP contribution in [0.1, 0.15) is 37.8 Å². The van der Waals surface area contributed by atoms with E-state index in [4.69, 9.17) is 0 Å². The molecule has 0 N–H and O–H groups in total. The van der Waals surface area contributed by atoms with E-state index in [1.54, 1.807) is 0 Å². The van der Waals surface area contributed by atoms with Crippen molar-refractivity contribution in [2.24, 2.45) is 0 Å². The van der Waals surface area contributed by atoms with Crippen LogP contribution in [0.15, 0.2) is 24.3 Å². The zero-order chi connectivity index (χ0) is 14.7. The summed E-state index contributed by atoms with van der Waals surface area (Å²) in [7, 11) is 0. The Morgan fingerprint density at radius 2 is 1.81 bits per heavy atom. The quantitative estimate of drug-likeness (QED) is 0.764. The van der Waals surface area contributed by atoms with Gasteiger partial charge in [0.15, 0.2) is 5.82 Å². The highest BCUT2D eigenvalue weighted by Crippen LogP contribution is 2.31. The van der Waals surface area contributed by atoms with E-state index >= 15 is 0 Å². The third-order valence-corrected chi connectivity index (χ3v) is 4.82. The van der Waals surface area contributed by atoms with E-state index in [2.05, 4.69) is 55.3 Å². The first-order valence-corrected chi connectivity index (χ1v) is 8.98. The summed E-state index contributed by atoms with van der Waals surface area (Å²) in [5.74, 6) is 1.06. The number of halogens is 1. The highest BCUT2D eigenvalue weighted by Gasteiger charge is 2.24. The van der Waals surface area contributed by atoms with Crippen molar-refractivity contribution in [1.82, 2.24) is 10.2 Å². The molecule has 1 aliphatic carbocycles. The largest absolute Gasteiger partial charge is 0.351 e. The van der Waals surface area contributed by atoms with E-state index in [0.717, 1.165) is 23.4 Å². The Balaban J connectivity index is 2.04. The summed E-state index contributed by atoms with van der Waals surface area (Å²) >= 11 is 3.60. The molecule has 2 aromatic rings. The van der Waals surface area contributed by atoms with Gasteiger partial charge in [0.25, 0.3) is 0 Å². The summed E-state index contributed by atoms with van der Waals surface area (Å²) in [5, 5.41) is 12.4. The van der Waals surface area contributed by atoms with Crippen molar-refractivity contribution in [3.05, 3.63) is 30.0 Å². The highest BCUT2D eigenvalue weighted by atomic mass is 79.9. The Labute approximate surface area is 134 Å². The van der Waals surface area contributed by atoms with Gasteiger partial charge in [-0.1, -0.05) is 59.5 Å². The molecule has 1 saturated carbocycles. The average molecular weight is 348 g/mol. The van der Waals surface area contributed by atoms with Gasteiger partial charge in [-0.15, -0.1) is 5.10 Å². The van der Waals surface area contributed by atoms with Crippen LogP contribution < -0.4 is 4.90 Å². The fraction of sp³-hybridized carbons (Fsp3) is 0.529. The maximum atomic E-state index is 4.56. The molecule has 1 aliphatic rings. The molecule has 3 nitrogen and oxygen atoms in total. The summed E-state index contributed by atoms with van der Waals surface area (Å²) in [6.45, 7) is 3.03. The van der Waals surface area contributed by atoms with Gasteiger partial charge in [-0.3, -0.25) is 0 Å². The van der Waals surface area contributed by atoms with Gasteiger partial charge in [0.05, 0.1) is 5.69 Å². The van der Waals surface area contributed by atoms with Gasteiger partial charge >= 0.3 is 0 Å². The Morgan fingerprint density at radius 3 is 2.52 bits per heavy atom. The van der Waals surface area contributed by atoms with Crippen LogP contribution in [0.2, 0.25) is 0 Å². The molecule has 0 amide bonds. The predicted octanol–water partition coefficient (Wildman–Crippen LogP) is 4.47. The van der Waals surface area contributed by atoms with Gasteiger partial charge in [-0.2, -0.15) is 5.10 Å². The second-order valence-corrected chi connectivity index (χ2v) is 6.62. The Morgan fingerprint density at radius 1 is 1.10 bits per heavy atom. The molecule has 21 heavy (non-hydrogen) atoms. The van der Waals surface area contributed by atoms with Gasteiger partial charge in [-0.25, -0.2) is 0 Å². The first-order chi connectivity index (χ1) is 10.3. The standard InChI is InChI=1S/C17H22BrN3/c1-13-15-9-5-6-10-16(15)17(20-19-13)21(12-11-18)14-7-3-2-4-8-14/h5-6,9-10,14H,2-4,7-8,11-12H2,1H3. The lowest BCUT2D eigenvalue weighted by Gasteiger charge is -2.35. The van der Waals surface area contributed by atoms with E-state index < -0.39 is 0 Å². The summed E-state index contributed by atoms with van der Waals surface area (Å²) in [6, 6.07) is 9.11. The Bertz CT molecular complexity index is 608. The van der Waals surface area contributed by atoms with Crippen molar-refractivity contribution >= 4 is 32.5 Å². The van der Waals surface area contributed by atoms with Gasteiger partial charge in [-0.05, 0) is 19.8 Å². The molecule has 0 unspecified atom stereocenters.